The third-order valence-electron chi connectivity index (χ3n) is 5.81. The molecule has 0 unspecified atom stereocenters. The van der Waals surface area contributed by atoms with Gasteiger partial charge in [-0.05, 0) is 51.6 Å². The van der Waals surface area contributed by atoms with E-state index in [4.69, 9.17) is 23.2 Å². The highest BCUT2D eigenvalue weighted by Crippen LogP contribution is 2.26. The van der Waals surface area contributed by atoms with Crippen LogP contribution < -0.4 is 5.32 Å². The maximum absolute atomic E-state index is 12.5. The number of amides is 1. The van der Waals surface area contributed by atoms with Crippen LogP contribution in [0.4, 0.5) is 0 Å². The Hall–Kier alpha value is -1.60. The summed E-state index contributed by atoms with van der Waals surface area (Å²) >= 11 is 12.2. The first-order valence-corrected chi connectivity index (χ1v) is 11.4. The third-order valence-corrected chi connectivity index (χ3v) is 6.55. The van der Waals surface area contributed by atoms with Gasteiger partial charge in [-0.25, -0.2) is 4.68 Å². The Morgan fingerprint density at radius 2 is 1.80 bits per heavy atom. The largest absolute Gasteiger partial charge is 0.356 e. The van der Waals surface area contributed by atoms with Gasteiger partial charge in [0.1, 0.15) is 0 Å². The van der Waals surface area contributed by atoms with E-state index in [0.29, 0.717) is 23.0 Å². The van der Waals surface area contributed by atoms with E-state index in [2.05, 4.69) is 27.1 Å². The smallest absolute Gasteiger partial charge is 0.224 e. The molecule has 6 nitrogen and oxygen atoms in total. The van der Waals surface area contributed by atoms with Crippen molar-refractivity contribution in [2.45, 2.75) is 33.6 Å². The molecule has 1 aromatic heterocycles. The topological polar surface area (TPSA) is 53.4 Å². The van der Waals surface area contributed by atoms with Crippen LogP contribution in [-0.4, -0.2) is 71.3 Å². The predicted octanol–water partition coefficient (Wildman–Crippen LogP) is 3.48. The van der Waals surface area contributed by atoms with E-state index in [0.717, 1.165) is 68.3 Å². The maximum atomic E-state index is 12.5. The fourth-order valence-electron chi connectivity index (χ4n) is 3.88. The Morgan fingerprint density at radius 3 is 2.47 bits per heavy atom. The molecule has 1 fully saturated rings. The molecule has 1 N–H and O–H groups in total. The highest BCUT2D eigenvalue weighted by atomic mass is 35.5. The molecule has 2 heterocycles. The van der Waals surface area contributed by atoms with Crippen LogP contribution >= 0.6 is 23.2 Å². The molecule has 0 saturated carbocycles. The van der Waals surface area contributed by atoms with Crippen LogP contribution in [0.2, 0.25) is 10.0 Å². The molecule has 0 aliphatic carbocycles. The monoisotopic (exact) mass is 451 g/mol. The molecule has 1 aromatic carbocycles. The number of carbonyl (C=O) groups is 1. The van der Waals surface area contributed by atoms with Crippen molar-refractivity contribution < 1.29 is 4.79 Å². The third kappa shape index (κ3) is 5.76. The number of aryl methyl sites for hydroxylation is 1. The summed E-state index contributed by atoms with van der Waals surface area (Å²) in [6.45, 7) is 13.5. The quantitative estimate of drug-likeness (QED) is 0.624. The van der Waals surface area contributed by atoms with Gasteiger partial charge in [-0.3, -0.25) is 4.79 Å². The normalized spacial score (nSPS) is 15.5. The summed E-state index contributed by atoms with van der Waals surface area (Å²) in [6, 6.07) is 5.41. The van der Waals surface area contributed by atoms with Crippen LogP contribution in [0, 0.1) is 13.8 Å². The van der Waals surface area contributed by atoms with Crippen molar-refractivity contribution in [1.29, 1.82) is 0 Å². The Bertz CT molecular complexity index is 875. The summed E-state index contributed by atoms with van der Waals surface area (Å²) in [4.78, 5) is 17.4. The highest BCUT2D eigenvalue weighted by molar-refractivity contribution is 6.42. The zero-order valence-corrected chi connectivity index (χ0v) is 19.6. The summed E-state index contributed by atoms with van der Waals surface area (Å²) in [5, 5.41) is 8.65. The molecule has 1 aliphatic heterocycles. The van der Waals surface area contributed by atoms with E-state index in [-0.39, 0.29) is 5.91 Å². The molecule has 1 aliphatic rings. The molecule has 0 atom stereocenters. The van der Waals surface area contributed by atoms with Gasteiger partial charge in [-0.2, -0.15) is 5.10 Å². The van der Waals surface area contributed by atoms with Crippen molar-refractivity contribution in [2.24, 2.45) is 0 Å². The number of hydrogen-bond acceptors (Lipinski definition) is 4. The molecule has 1 saturated heterocycles. The van der Waals surface area contributed by atoms with Crippen LogP contribution in [0.15, 0.2) is 18.2 Å². The van der Waals surface area contributed by atoms with Crippen LogP contribution in [0.5, 0.6) is 0 Å². The van der Waals surface area contributed by atoms with Crippen molar-refractivity contribution >= 4 is 29.1 Å². The van der Waals surface area contributed by atoms with E-state index < -0.39 is 0 Å². The standard InChI is InChI=1S/C22H31Cl2N5O/c1-4-27-10-12-28(13-11-27)9-5-8-25-22(30)15-19-16(2)26-29(17(19)3)18-6-7-20(23)21(24)14-18/h6-7,14H,4-5,8-13,15H2,1-3H3,(H,25,30). The number of likely N-dealkylation sites (N-methyl/N-ethyl adjacent to an activating group) is 1. The lowest BCUT2D eigenvalue weighted by Crippen LogP contribution is -2.46. The number of nitrogens with one attached hydrogen (secondary N) is 1. The molecule has 0 spiro atoms. The minimum Gasteiger partial charge on any atom is -0.356 e. The van der Waals surface area contributed by atoms with Gasteiger partial charge in [-0.1, -0.05) is 30.1 Å². The number of nitrogens with zero attached hydrogens (tertiary/aromatic N) is 4. The Labute approximate surface area is 189 Å². The Kier molecular flexibility index (Phi) is 8.17. The van der Waals surface area contributed by atoms with Crippen molar-refractivity contribution in [3.63, 3.8) is 0 Å². The zero-order valence-electron chi connectivity index (χ0n) is 18.0. The number of halogens is 2. The number of rotatable bonds is 8. The number of hydrogen-bond donors (Lipinski definition) is 1. The first-order valence-electron chi connectivity index (χ1n) is 10.6. The molecule has 164 valence electrons. The predicted molar refractivity (Wildman–Crippen MR) is 123 cm³/mol. The van der Waals surface area contributed by atoms with Crippen molar-refractivity contribution in [3.05, 3.63) is 45.2 Å². The molecule has 8 heteroatoms. The maximum Gasteiger partial charge on any atom is 0.224 e. The first kappa shape index (κ1) is 23.1. The molecule has 0 bridgehead atoms. The summed E-state index contributed by atoms with van der Waals surface area (Å²) in [5.74, 6) is 0.0330. The average Bonchev–Trinajstić information content (AvgIpc) is 3.02. The summed E-state index contributed by atoms with van der Waals surface area (Å²) in [6.07, 6.45) is 1.30. The number of carbonyl (C=O) groups excluding carboxylic acids is 1. The molecular formula is C22H31Cl2N5O. The minimum absolute atomic E-state index is 0.0330. The van der Waals surface area contributed by atoms with Crippen LogP contribution in [0.3, 0.4) is 0 Å². The van der Waals surface area contributed by atoms with Gasteiger partial charge in [0.2, 0.25) is 5.91 Å². The molecule has 3 rings (SSSR count). The minimum atomic E-state index is 0.0330. The van der Waals surface area contributed by atoms with E-state index in [1.54, 1.807) is 12.1 Å². The second-order valence-electron chi connectivity index (χ2n) is 7.82. The van der Waals surface area contributed by atoms with E-state index >= 15 is 0 Å². The average molecular weight is 452 g/mol. The summed E-state index contributed by atoms with van der Waals surface area (Å²) < 4.78 is 1.82. The lowest BCUT2D eigenvalue weighted by Gasteiger charge is -2.33. The SMILES string of the molecule is CCN1CCN(CCCNC(=O)Cc2c(C)nn(-c3ccc(Cl)c(Cl)c3)c2C)CC1. The van der Waals surface area contributed by atoms with Gasteiger partial charge >= 0.3 is 0 Å². The van der Waals surface area contributed by atoms with Gasteiger partial charge in [0, 0.05) is 44.0 Å². The van der Waals surface area contributed by atoms with E-state index in [1.807, 2.05) is 24.6 Å². The lowest BCUT2D eigenvalue weighted by atomic mass is 10.1. The van der Waals surface area contributed by atoms with Crippen LogP contribution in [0.25, 0.3) is 5.69 Å². The molecule has 0 radical (unpaired) electrons. The van der Waals surface area contributed by atoms with Gasteiger partial charge in [0.15, 0.2) is 0 Å². The van der Waals surface area contributed by atoms with Gasteiger partial charge in [-0.15, -0.1) is 0 Å². The fraction of sp³-hybridized carbons (Fsp3) is 0.545. The Morgan fingerprint density at radius 1 is 1.10 bits per heavy atom. The van der Waals surface area contributed by atoms with Gasteiger partial charge in [0.05, 0.1) is 27.8 Å². The fourth-order valence-corrected chi connectivity index (χ4v) is 4.17. The molecule has 1 amide bonds. The number of aromatic nitrogens is 2. The molecule has 30 heavy (non-hydrogen) atoms. The van der Waals surface area contributed by atoms with E-state index in [9.17, 15) is 4.79 Å². The lowest BCUT2D eigenvalue weighted by molar-refractivity contribution is -0.120. The second kappa shape index (κ2) is 10.6. The van der Waals surface area contributed by atoms with E-state index in [1.165, 1.54) is 0 Å². The van der Waals surface area contributed by atoms with Crippen molar-refractivity contribution in [2.75, 3.05) is 45.8 Å². The number of piperazine rings is 1. The van der Waals surface area contributed by atoms with Gasteiger partial charge < -0.3 is 15.1 Å². The molecule has 2 aromatic rings. The molecular weight excluding hydrogens is 421 g/mol. The van der Waals surface area contributed by atoms with Crippen molar-refractivity contribution in [1.82, 2.24) is 24.9 Å². The van der Waals surface area contributed by atoms with Gasteiger partial charge in [0.25, 0.3) is 0 Å². The first-order chi connectivity index (χ1) is 14.4. The second-order valence-corrected chi connectivity index (χ2v) is 8.63. The number of benzene rings is 1. The van der Waals surface area contributed by atoms with Crippen LogP contribution in [-0.2, 0) is 11.2 Å². The Balaban J connectivity index is 1.49. The highest BCUT2D eigenvalue weighted by Gasteiger charge is 2.17. The van der Waals surface area contributed by atoms with Crippen molar-refractivity contribution in [3.8, 4) is 5.69 Å². The summed E-state index contributed by atoms with van der Waals surface area (Å²) in [5.41, 5.74) is 3.58. The summed E-state index contributed by atoms with van der Waals surface area (Å²) in [7, 11) is 0. The zero-order chi connectivity index (χ0) is 21.7. The van der Waals surface area contributed by atoms with Crippen LogP contribution in [0.1, 0.15) is 30.3 Å².